The first-order valence-electron chi connectivity index (χ1n) is 7.15. The highest BCUT2D eigenvalue weighted by molar-refractivity contribution is 7.09. The number of carbonyl (C=O) groups is 1. The van der Waals surface area contributed by atoms with E-state index < -0.39 is 0 Å². The summed E-state index contributed by atoms with van der Waals surface area (Å²) < 4.78 is 1.65. The molecule has 1 aromatic carbocycles. The number of rotatable bonds is 6. The lowest BCUT2D eigenvalue weighted by Crippen LogP contribution is -2.30. The van der Waals surface area contributed by atoms with Gasteiger partial charge in [0.25, 0.3) is 5.91 Å². The van der Waals surface area contributed by atoms with E-state index in [9.17, 15) is 4.79 Å². The minimum atomic E-state index is -0.0107. The fraction of sp³-hybridized carbons (Fsp3) is 0.118. The second kappa shape index (κ2) is 7.02. The van der Waals surface area contributed by atoms with Crippen molar-refractivity contribution in [1.29, 1.82) is 0 Å². The average Bonchev–Trinajstić information content (AvgIpc) is 3.28. The van der Waals surface area contributed by atoms with Gasteiger partial charge in [-0.2, -0.15) is 5.10 Å². The molecule has 0 N–H and O–H groups in total. The van der Waals surface area contributed by atoms with E-state index >= 15 is 0 Å². The summed E-state index contributed by atoms with van der Waals surface area (Å²) >= 11 is 1.64. The quantitative estimate of drug-likeness (QED) is 0.655. The van der Waals surface area contributed by atoms with E-state index in [0.29, 0.717) is 18.7 Å². The van der Waals surface area contributed by atoms with E-state index in [-0.39, 0.29) is 5.91 Å². The lowest BCUT2D eigenvalue weighted by atomic mass is 10.1. The third-order valence-electron chi connectivity index (χ3n) is 3.36. The number of hydrogen-bond donors (Lipinski definition) is 0. The highest BCUT2D eigenvalue weighted by Gasteiger charge is 2.15. The van der Waals surface area contributed by atoms with Crippen LogP contribution >= 0.6 is 11.3 Å². The summed E-state index contributed by atoms with van der Waals surface area (Å²) in [5.41, 5.74) is 1.51. The van der Waals surface area contributed by atoms with Gasteiger partial charge in [0, 0.05) is 17.0 Å². The second-order valence-electron chi connectivity index (χ2n) is 4.94. The summed E-state index contributed by atoms with van der Waals surface area (Å²) in [4.78, 5) is 19.6. The third-order valence-corrected chi connectivity index (χ3v) is 4.22. The predicted octanol–water partition coefficient (Wildman–Crippen LogP) is 3.16. The van der Waals surface area contributed by atoms with Crippen LogP contribution in [0.3, 0.4) is 0 Å². The van der Waals surface area contributed by atoms with Crippen LogP contribution in [0.5, 0.6) is 0 Å². The van der Waals surface area contributed by atoms with Crippen molar-refractivity contribution in [3.63, 3.8) is 0 Å². The number of benzene rings is 1. The van der Waals surface area contributed by atoms with Crippen LogP contribution in [0.4, 0.5) is 0 Å². The summed E-state index contributed by atoms with van der Waals surface area (Å²) in [6, 6.07) is 11.4. The van der Waals surface area contributed by atoms with Gasteiger partial charge >= 0.3 is 0 Å². The van der Waals surface area contributed by atoms with Crippen LogP contribution in [-0.4, -0.2) is 32.1 Å². The van der Waals surface area contributed by atoms with Crippen molar-refractivity contribution in [2.24, 2.45) is 0 Å². The Kier molecular flexibility index (Phi) is 4.63. The average molecular weight is 324 g/mol. The molecule has 1 amide bonds. The summed E-state index contributed by atoms with van der Waals surface area (Å²) in [6.45, 7) is 4.85. The van der Waals surface area contributed by atoms with Crippen molar-refractivity contribution < 1.29 is 4.79 Å². The third kappa shape index (κ3) is 3.54. The molecule has 0 spiro atoms. The lowest BCUT2D eigenvalue weighted by Gasteiger charge is -2.20. The zero-order valence-electron chi connectivity index (χ0n) is 12.5. The normalized spacial score (nSPS) is 10.4. The maximum atomic E-state index is 12.7. The number of aromatic nitrogens is 3. The molecule has 0 saturated carbocycles. The number of carbonyl (C=O) groups excluding carboxylic acids is 1. The van der Waals surface area contributed by atoms with Crippen LogP contribution in [0.25, 0.3) is 5.69 Å². The Balaban J connectivity index is 1.78. The van der Waals surface area contributed by atoms with E-state index in [4.69, 9.17) is 0 Å². The molecule has 6 heteroatoms. The Hall–Kier alpha value is -2.73. The smallest absolute Gasteiger partial charge is 0.254 e. The van der Waals surface area contributed by atoms with Crippen molar-refractivity contribution in [2.75, 3.05) is 6.54 Å². The Morgan fingerprint density at radius 1 is 1.30 bits per heavy atom. The van der Waals surface area contributed by atoms with Gasteiger partial charge in [-0.3, -0.25) is 4.79 Å². The van der Waals surface area contributed by atoms with Crippen LogP contribution < -0.4 is 0 Å². The molecule has 3 rings (SSSR count). The van der Waals surface area contributed by atoms with Gasteiger partial charge in [-0.05, 0) is 35.7 Å². The van der Waals surface area contributed by atoms with Gasteiger partial charge in [0.15, 0.2) is 0 Å². The van der Waals surface area contributed by atoms with Crippen LogP contribution in [0, 0.1) is 0 Å². The van der Waals surface area contributed by atoms with Gasteiger partial charge in [-0.25, -0.2) is 9.67 Å². The number of amides is 1. The minimum absolute atomic E-state index is 0.0107. The van der Waals surface area contributed by atoms with Gasteiger partial charge in [0.05, 0.1) is 12.2 Å². The molecule has 0 saturated heterocycles. The van der Waals surface area contributed by atoms with Crippen molar-refractivity contribution >= 4 is 17.2 Å². The van der Waals surface area contributed by atoms with Gasteiger partial charge < -0.3 is 4.90 Å². The molecule has 5 nitrogen and oxygen atoms in total. The Morgan fingerprint density at radius 2 is 2.13 bits per heavy atom. The van der Waals surface area contributed by atoms with Gasteiger partial charge in [-0.1, -0.05) is 12.1 Å². The maximum Gasteiger partial charge on any atom is 0.254 e. The highest BCUT2D eigenvalue weighted by Crippen LogP contribution is 2.15. The van der Waals surface area contributed by atoms with Crippen LogP contribution in [-0.2, 0) is 6.54 Å². The monoisotopic (exact) mass is 324 g/mol. The summed E-state index contributed by atoms with van der Waals surface area (Å²) in [6.07, 6.45) is 4.85. The molecule has 0 aliphatic carbocycles. The summed E-state index contributed by atoms with van der Waals surface area (Å²) in [5.74, 6) is -0.0107. The molecule has 0 bridgehead atoms. The van der Waals surface area contributed by atoms with Gasteiger partial charge in [0.1, 0.15) is 12.7 Å². The van der Waals surface area contributed by atoms with E-state index in [1.54, 1.807) is 33.3 Å². The topological polar surface area (TPSA) is 51.0 Å². The number of nitrogens with zero attached hydrogens (tertiary/aromatic N) is 4. The second-order valence-corrected chi connectivity index (χ2v) is 5.97. The lowest BCUT2D eigenvalue weighted by molar-refractivity contribution is 0.0764. The van der Waals surface area contributed by atoms with Crippen molar-refractivity contribution in [3.8, 4) is 5.69 Å². The minimum Gasteiger partial charge on any atom is -0.330 e. The molecule has 0 radical (unpaired) electrons. The fourth-order valence-electron chi connectivity index (χ4n) is 2.25. The fourth-order valence-corrected chi connectivity index (χ4v) is 2.97. The number of thiophene rings is 1. The molecule has 2 aromatic heterocycles. The van der Waals surface area contributed by atoms with Crippen molar-refractivity contribution in [3.05, 3.63) is 77.5 Å². The molecular weight excluding hydrogens is 308 g/mol. The SMILES string of the molecule is C=CCN(Cc1cccs1)C(=O)c1ccc(-n2cncn2)cc1. The van der Waals surface area contributed by atoms with Crippen molar-refractivity contribution in [1.82, 2.24) is 19.7 Å². The molecule has 2 heterocycles. The molecule has 0 unspecified atom stereocenters. The van der Waals surface area contributed by atoms with Crippen molar-refractivity contribution in [2.45, 2.75) is 6.54 Å². The zero-order valence-corrected chi connectivity index (χ0v) is 13.3. The maximum absolute atomic E-state index is 12.7. The van der Waals surface area contributed by atoms with Gasteiger partial charge in [-0.15, -0.1) is 17.9 Å². The van der Waals surface area contributed by atoms with E-state index in [1.165, 1.54) is 6.33 Å². The molecule has 0 aliphatic heterocycles. The first-order chi connectivity index (χ1) is 11.3. The molecule has 23 heavy (non-hydrogen) atoms. The highest BCUT2D eigenvalue weighted by atomic mass is 32.1. The van der Waals surface area contributed by atoms with E-state index in [2.05, 4.69) is 16.7 Å². The van der Waals surface area contributed by atoms with E-state index in [0.717, 1.165) is 10.6 Å². The largest absolute Gasteiger partial charge is 0.330 e. The van der Waals surface area contributed by atoms with Crippen LogP contribution in [0.15, 0.2) is 67.1 Å². The molecule has 0 atom stereocenters. The molecule has 116 valence electrons. The predicted molar refractivity (Wildman–Crippen MR) is 90.6 cm³/mol. The van der Waals surface area contributed by atoms with Crippen LogP contribution in [0.1, 0.15) is 15.2 Å². The van der Waals surface area contributed by atoms with Gasteiger partial charge in [0.2, 0.25) is 0 Å². The van der Waals surface area contributed by atoms with Crippen LogP contribution in [0.2, 0.25) is 0 Å². The summed E-state index contributed by atoms with van der Waals surface area (Å²) in [7, 11) is 0. The molecular formula is C17H16N4OS. The molecule has 0 fully saturated rings. The first-order valence-corrected chi connectivity index (χ1v) is 8.03. The first kappa shape index (κ1) is 15.2. The Morgan fingerprint density at radius 3 is 2.74 bits per heavy atom. The standard InChI is InChI=1S/C17H16N4OS/c1-2-9-20(11-16-4-3-10-23-16)17(22)14-5-7-15(8-6-14)21-13-18-12-19-21/h2-8,10,12-13H,1,9,11H2. The summed E-state index contributed by atoms with van der Waals surface area (Å²) in [5, 5.41) is 6.09. The Labute approximate surface area is 138 Å². The number of hydrogen-bond acceptors (Lipinski definition) is 4. The Bertz CT molecular complexity index is 764. The zero-order chi connectivity index (χ0) is 16.1. The van der Waals surface area contributed by atoms with E-state index in [1.807, 2.05) is 41.8 Å². The molecule has 0 aliphatic rings. The molecule has 3 aromatic rings.